The standard InChI is InChI=1S/C11H12ClN3O/c1-13-8-16-11-6-14-15(7-11)10-4-2-9(12)3-5-10/h2-7,13H,8H2,1H3. The van der Waals surface area contributed by atoms with Gasteiger partial charge in [-0.3, -0.25) is 5.32 Å². The van der Waals surface area contributed by atoms with Crippen LogP contribution in [0, 0.1) is 0 Å². The Labute approximate surface area is 98.8 Å². The largest absolute Gasteiger partial charge is 0.475 e. The molecule has 4 nitrogen and oxygen atoms in total. The van der Waals surface area contributed by atoms with Crippen LogP contribution in [0.4, 0.5) is 0 Å². The Kier molecular flexibility index (Phi) is 3.44. The second-order valence-electron chi connectivity index (χ2n) is 3.24. The van der Waals surface area contributed by atoms with Gasteiger partial charge in [0.15, 0.2) is 5.75 Å². The molecule has 0 saturated carbocycles. The summed E-state index contributed by atoms with van der Waals surface area (Å²) in [5, 5.41) is 7.80. The molecule has 0 aliphatic carbocycles. The SMILES string of the molecule is CNCOc1cnn(-c2ccc(Cl)cc2)c1. The Hall–Kier alpha value is -1.52. The number of aromatic nitrogens is 2. The first-order chi connectivity index (χ1) is 7.79. The third kappa shape index (κ3) is 2.53. The molecule has 0 fully saturated rings. The van der Waals surface area contributed by atoms with E-state index in [4.69, 9.17) is 16.3 Å². The van der Waals surface area contributed by atoms with E-state index < -0.39 is 0 Å². The summed E-state index contributed by atoms with van der Waals surface area (Å²) in [6.45, 7) is 0.465. The van der Waals surface area contributed by atoms with Crippen LogP contribution in [0.25, 0.3) is 5.69 Å². The van der Waals surface area contributed by atoms with Crippen molar-refractivity contribution in [1.29, 1.82) is 0 Å². The normalized spacial score (nSPS) is 10.4. The van der Waals surface area contributed by atoms with E-state index in [1.807, 2.05) is 37.5 Å². The van der Waals surface area contributed by atoms with Crippen LogP contribution in [0.15, 0.2) is 36.7 Å². The second kappa shape index (κ2) is 5.01. The summed E-state index contributed by atoms with van der Waals surface area (Å²) >= 11 is 5.81. The van der Waals surface area contributed by atoms with Crippen molar-refractivity contribution in [1.82, 2.24) is 15.1 Å². The maximum atomic E-state index is 5.81. The van der Waals surface area contributed by atoms with Crippen LogP contribution in [0.3, 0.4) is 0 Å². The van der Waals surface area contributed by atoms with Crippen LogP contribution in [-0.2, 0) is 0 Å². The van der Waals surface area contributed by atoms with Crippen LogP contribution in [0.5, 0.6) is 5.75 Å². The number of nitrogens with zero attached hydrogens (tertiary/aromatic N) is 2. The van der Waals surface area contributed by atoms with E-state index in [-0.39, 0.29) is 0 Å². The van der Waals surface area contributed by atoms with Gasteiger partial charge in [-0.2, -0.15) is 5.10 Å². The van der Waals surface area contributed by atoms with Crippen LogP contribution < -0.4 is 10.1 Å². The molecule has 0 atom stereocenters. The number of nitrogens with one attached hydrogen (secondary N) is 1. The monoisotopic (exact) mass is 237 g/mol. The molecule has 1 aromatic heterocycles. The van der Waals surface area contributed by atoms with Crippen molar-refractivity contribution in [3.8, 4) is 11.4 Å². The van der Waals surface area contributed by atoms with E-state index in [0.717, 1.165) is 11.4 Å². The van der Waals surface area contributed by atoms with Crippen LogP contribution in [0.2, 0.25) is 5.02 Å². The molecule has 16 heavy (non-hydrogen) atoms. The smallest absolute Gasteiger partial charge is 0.159 e. The number of benzene rings is 1. The van der Waals surface area contributed by atoms with Gasteiger partial charge in [-0.15, -0.1) is 0 Å². The van der Waals surface area contributed by atoms with E-state index in [1.54, 1.807) is 10.9 Å². The quantitative estimate of drug-likeness (QED) is 0.828. The van der Waals surface area contributed by atoms with Gasteiger partial charge < -0.3 is 4.74 Å². The molecule has 0 saturated heterocycles. The van der Waals surface area contributed by atoms with Gasteiger partial charge in [-0.1, -0.05) is 11.6 Å². The van der Waals surface area contributed by atoms with Crippen molar-refractivity contribution in [2.75, 3.05) is 13.8 Å². The molecule has 2 rings (SSSR count). The third-order valence-electron chi connectivity index (χ3n) is 2.03. The first-order valence-electron chi connectivity index (χ1n) is 4.87. The van der Waals surface area contributed by atoms with Crippen molar-refractivity contribution in [2.45, 2.75) is 0 Å². The first-order valence-corrected chi connectivity index (χ1v) is 5.25. The Bertz CT molecular complexity index is 453. The fraction of sp³-hybridized carbons (Fsp3) is 0.182. The molecule has 1 heterocycles. The van der Waals surface area contributed by atoms with Crippen molar-refractivity contribution in [3.63, 3.8) is 0 Å². The summed E-state index contributed by atoms with van der Waals surface area (Å²) in [5.74, 6) is 0.726. The minimum atomic E-state index is 0.465. The van der Waals surface area contributed by atoms with Crippen LogP contribution >= 0.6 is 11.6 Å². The highest BCUT2D eigenvalue weighted by molar-refractivity contribution is 6.30. The van der Waals surface area contributed by atoms with E-state index in [9.17, 15) is 0 Å². The molecule has 1 aromatic carbocycles. The summed E-state index contributed by atoms with van der Waals surface area (Å²) in [6.07, 6.45) is 3.49. The van der Waals surface area contributed by atoms with Gasteiger partial charge in [-0.25, -0.2) is 4.68 Å². The predicted molar refractivity (Wildman–Crippen MR) is 63.1 cm³/mol. The minimum Gasteiger partial charge on any atom is -0.475 e. The summed E-state index contributed by atoms with van der Waals surface area (Å²) in [7, 11) is 1.82. The lowest BCUT2D eigenvalue weighted by molar-refractivity contribution is 0.296. The zero-order valence-electron chi connectivity index (χ0n) is 8.85. The number of rotatable bonds is 4. The first kappa shape index (κ1) is 11.0. The molecular formula is C11H12ClN3O. The van der Waals surface area contributed by atoms with E-state index in [0.29, 0.717) is 11.8 Å². The van der Waals surface area contributed by atoms with Crippen molar-refractivity contribution in [3.05, 3.63) is 41.7 Å². The maximum Gasteiger partial charge on any atom is 0.159 e. The van der Waals surface area contributed by atoms with Gasteiger partial charge in [0, 0.05) is 5.02 Å². The summed E-state index contributed by atoms with van der Waals surface area (Å²) < 4.78 is 7.10. The van der Waals surface area contributed by atoms with Crippen LogP contribution in [0.1, 0.15) is 0 Å². The molecular weight excluding hydrogens is 226 g/mol. The Morgan fingerprint density at radius 3 is 2.81 bits per heavy atom. The van der Waals surface area contributed by atoms with Gasteiger partial charge in [0.2, 0.25) is 0 Å². The molecule has 0 bridgehead atoms. The minimum absolute atomic E-state index is 0.465. The molecule has 2 aromatic rings. The molecule has 84 valence electrons. The van der Waals surface area contributed by atoms with Crippen molar-refractivity contribution >= 4 is 11.6 Å². The van der Waals surface area contributed by atoms with Crippen molar-refractivity contribution in [2.24, 2.45) is 0 Å². The third-order valence-corrected chi connectivity index (χ3v) is 2.29. The number of halogens is 1. The van der Waals surface area contributed by atoms with Gasteiger partial charge in [0.25, 0.3) is 0 Å². The maximum absolute atomic E-state index is 5.81. The fourth-order valence-corrected chi connectivity index (χ4v) is 1.40. The molecule has 0 spiro atoms. The highest BCUT2D eigenvalue weighted by atomic mass is 35.5. The van der Waals surface area contributed by atoms with Gasteiger partial charge in [0.1, 0.15) is 6.73 Å². The highest BCUT2D eigenvalue weighted by Gasteiger charge is 2.01. The fourth-order valence-electron chi connectivity index (χ4n) is 1.27. The van der Waals surface area contributed by atoms with E-state index >= 15 is 0 Å². The number of ether oxygens (including phenoxy) is 1. The van der Waals surface area contributed by atoms with Crippen LogP contribution in [-0.4, -0.2) is 23.6 Å². The second-order valence-corrected chi connectivity index (χ2v) is 3.68. The van der Waals surface area contributed by atoms with Crippen molar-refractivity contribution < 1.29 is 4.74 Å². The lowest BCUT2D eigenvalue weighted by atomic mass is 10.3. The van der Waals surface area contributed by atoms with Gasteiger partial charge in [0.05, 0.1) is 18.1 Å². The molecule has 1 N–H and O–H groups in total. The molecule has 0 aliphatic rings. The van der Waals surface area contributed by atoms with E-state index in [2.05, 4.69) is 10.4 Å². The number of hydrogen-bond acceptors (Lipinski definition) is 3. The molecule has 0 radical (unpaired) electrons. The molecule has 0 unspecified atom stereocenters. The van der Waals surface area contributed by atoms with Gasteiger partial charge in [-0.05, 0) is 31.3 Å². The predicted octanol–water partition coefficient (Wildman–Crippen LogP) is 2.08. The summed E-state index contributed by atoms with van der Waals surface area (Å²) in [4.78, 5) is 0. The highest BCUT2D eigenvalue weighted by Crippen LogP contribution is 2.15. The lowest BCUT2D eigenvalue weighted by Crippen LogP contribution is -2.13. The van der Waals surface area contributed by atoms with E-state index in [1.165, 1.54) is 0 Å². The molecule has 0 aliphatic heterocycles. The zero-order chi connectivity index (χ0) is 11.4. The molecule has 5 heteroatoms. The summed E-state index contributed by atoms with van der Waals surface area (Å²) in [5.41, 5.74) is 0.948. The zero-order valence-corrected chi connectivity index (χ0v) is 9.61. The number of hydrogen-bond donors (Lipinski definition) is 1. The topological polar surface area (TPSA) is 39.1 Å². The Balaban J connectivity index is 2.15. The average Bonchev–Trinajstić information content (AvgIpc) is 2.76. The average molecular weight is 238 g/mol. The Morgan fingerprint density at radius 1 is 1.38 bits per heavy atom. The van der Waals surface area contributed by atoms with Gasteiger partial charge >= 0.3 is 0 Å². The lowest BCUT2D eigenvalue weighted by Gasteiger charge is -2.01. The Morgan fingerprint density at radius 2 is 2.12 bits per heavy atom. The summed E-state index contributed by atoms with van der Waals surface area (Å²) in [6, 6.07) is 7.45. The molecule has 0 amide bonds.